The second-order valence-electron chi connectivity index (χ2n) is 5.32. The molecule has 2 aromatic rings. The number of carbonyl (C=O) groups is 1. The first-order valence-corrected chi connectivity index (χ1v) is 7.18. The Balaban J connectivity index is 1.88. The largest absolute Gasteiger partial charge is 0.386 e. The SMILES string of the molecule is CN(C)c1ccc(NC(=O)NCC(O)c2ccc(F)cc2F)cn1. The summed E-state index contributed by atoms with van der Waals surface area (Å²) in [6, 6.07) is 5.70. The highest BCUT2D eigenvalue weighted by molar-refractivity contribution is 5.89. The van der Waals surface area contributed by atoms with Gasteiger partial charge in [0, 0.05) is 32.3 Å². The molecule has 3 N–H and O–H groups in total. The van der Waals surface area contributed by atoms with Crippen molar-refractivity contribution in [1.29, 1.82) is 0 Å². The van der Waals surface area contributed by atoms with Crippen molar-refractivity contribution in [1.82, 2.24) is 10.3 Å². The predicted molar refractivity (Wildman–Crippen MR) is 86.9 cm³/mol. The number of urea groups is 1. The van der Waals surface area contributed by atoms with Crippen LogP contribution in [0, 0.1) is 11.6 Å². The number of aliphatic hydroxyl groups excluding tert-OH is 1. The number of halogens is 2. The molecule has 0 aliphatic heterocycles. The molecular formula is C16H18F2N4O2. The molecule has 128 valence electrons. The molecule has 2 rings (SSSR count). The maximum Gasteiger partial charge on any atom is 0.319 e. The maximum absolute atomic E-state index is 13.5. The molecule has 0 saturated carbocycles. The van der Waals surface area contributed by atoms with Gasteiger partial charge in [-0.25, -0.2) is 18.6 Å². The first-order chi connectivity index (χ1) is 11.4. The molecule has 1 atom stereocenters. The van der Waals surface area contributed by atoms with E-state index in [1.165, 1.54) is 6.20 Å². The molecule has 1 aromatic carbocycles. The van der Waals surface area contributed by atoms with E-state index in [9.17, 15) is 18.7 Å². The topological polar surface area (TPSA) is 77.5 Å². The lowest BCUT2D eigenvalue weighted by Gasteiger charge is -2.14. The van der Waals surface area contributed by atoms with Gasteiger partial charge in [-0.05, 0) is 18.2 Å². The van der Waals surface area contributed by atoms with Crippen LogP contribution >= 0.6 is 0 Å². The van der Waals surface area contributed by atoms with Crippen molar-refractivity contribution in [2.45, 2.75) is 6.10 Å². The Bertz CT molecular complexity index is 708. The summed E-state index contributed by atoms with van der Waals surface area (Å²) < 4.78 is 26.4. The number of carbonyl (C=O) groups excluding carboxylic acids is 1. The fourth-order valence-corrected chi connectivity index (χ4v) is 1.97. The van der Waals surface area contributed by atoms with Gasteiger partial charge in [0.05, 0.1) is 18.0 Å². The van der Waals surface area contributed by atoms with E-state index in [-0.39, 0.29) is 12.1 Å². The van der Waals surface area contributed by atoms with Gasteiger partial charge in [0.25, 0.3) is 0 Å². The lowest BCUT2D eigenvalue weighted by Crippen LogP contribution is -2.32. The summed E-state index contributed by atoms with van der Waals surface area (Å²) in [5, 5.41) is 14.8. The Hall–Kier alpha value is -2.74. The molecule has 0 fully saturated rings. The summed E-state index contributed by atoms with van der Waals surface area (Å²) in [5.41, 5.74) is 0.384. The normalized spacial score (nSPS) is 11.7. The molecule has 1 unspecified atom stereocenters. The van der Waals surface area contributed by atoms with Crippen molar-refractivity contribution in [3.05, 3.63) is 53.7 Å². The van der Waals surface area contributed by atoms with Gasteiger partial charge in [-0.2, -0.15) is 0 Å². The van der Waals surface area contributed by atoms with Crippen LogP contribution in [0.5, 0.6) is 0 Å². The lowest BCUT2D eigenvalue weighted by molar-refractivity contribution is 0.170. The van der Waals surface area contributed by atoms with Crippen LogP contribution in [0.15, 0.2) is 36.5 Å². The zero-order valence-electron chi connectivity index (χ0n) is 13.3. The monoisotopic (exact) mass is 336 g/mol. The number of anilines is 2. The standard InChI is InChI=1S/C16H18F2N4O2/c1-22(2)15-6-4-11(8-19-15)21-16(24)20-9-14(23)12-5-3-10(17)7-13(12)18/h3-8,14,23H,9H2,1-2H3,(H2,20,21,24). The van der Waals surface area contributed by atoms with Crippen LogP contribution in [-0.4, -0.2) is 36.8 Å². The zero-order valence-corrected chi connectivity index (χ0v) is 13.3. The van der Waals surface area contributed by atoms with Gasteiger partial charge in [-0.1, -0.05) is 6.07 Å². The minimum atomic E-state index is -1.29. The minimum absolute atomic E-state index is 0.0892. The van der Waals surface area contributed by atoms with Gasteiger partial charge in [0.1, 0.15) is 17.5 Å². The molecule has 0 aliphatic carbocycles. The second kappa shape index (κ2) is 7.69. The molecule has 8 heteroatoms. The summed E-state index contributed by atoms with van der Waals surface area (Å²) in [5.74, 6) is -0.862. The lowest BCUT2D eigenvalue weighted by atomic mass is 10.1. The Morgan fingerprint density at radius 2 is 2.04 bits per heavy atom. The molecule has 24 heavy (non-hydrogen) atoms. The van der Waals surface area contributed by atoms with E-state index in [1.807, 2.05) is 19.0 Å². The van der Waals surface area contributed by atoms with Crippen LogP contribution in [0.25, 0.3) is 0 Å². The van der Waals surface area contributed by atoms with Crippen molar-refractivity contribution < 1.29 is 18.7 Å². The van der Waals surface area contributed by atoms with Crippen LogP contribution in [0.4, 0.5) is 25.1 Å². The second-order valence-corrected chi connectivity index (χ2v) is 5.32. The van der Waals surface area contributed by atoms with Gasteiger partial charge < -0.3 is 20.6 Å². The zero-order chi connectivity index (χ0) is 17.7. The predicted octanol–water partition coefficient (Wildman–Crippen LogP) is 2.28. The van der Waals surface area contributed by atoms with E-state index in [0.717, 1.165) is 18.0 Å². The third kappa shape index (κ3) is 4.63. The first-order valence-electron chi connectivity index (χ1n) is 7.18. The van der Waals surface area contributed by atoms with E-state index in [1.54, 1.807) is 12.1 Å². The van der Waals surface area contributed by atoms with Crippen molar-refractivity contribution >= 4 is 17.5 Å². The number of hydrogen-bond acceptors (Lipinski definition) is 4. The maximum atomic E-state index is 13.5. The van der Waals surface area contributed by atoms with Crippen LogP contribution in [0.2, 0.25) is 0 Å². The van der Waals surface area contributed by atoms with Crippen molar-refractivity contribution in [3.63, 3.8) is 0 Å². The van der Waals surface area contributed by atoms with Crippen LogP contribution in [0.1, 0.15) is 11.7 Å². The first kappa shape index (κ1) is 17.6. The van der Waals surface area contributed by atoms with E-state index in [4.69, 9.17) is 0 Å². The fourth-order valence-electron chi connectivity index (χ4n) is 1.97. The molecule has 6 nitrogen and oxygen atoms in total. The Labute approximate surface area is 138 Å². The number of nitrogens with zero attached hydrogens (tertiary/aromatic N) is 2. The average Bonchev–Trinajstić information content (AvgIpc) is 2.53. The average molecular weight is 336 g/mol. The van der Waals surface area contributed by atoms with Crippen LogP contribution in [-0.2, 0) is 0 Å². The third-order valence-electron chi connectivity index (χ3n) is 3.24. The van der Waals surface area contributed by atoms with Gasteiger partial charge >= 0.3 is 6.03 Å². The number of rotatable bonds is 5. The van der Waals surface area contributed by atoms with Crippen LogP contribution < -0.4 is 15.5 Å². The molecule has 0 bridgehead atoms. The van der Waals surface area contributed by atoms with Crippen LogP contribution in [0.3, 0.4) is 0 Å². The van der Waals surface area contributed by atoms with Crippen molar-refractivity contribution in [2.24, 2.45) is 0 Å². The summed E-state index contributed by atoms with van der Waals surface area (Å²) in [7, 11) is 3.69. The Morgan fingerprint density at radius 3 is 2.62 bits per heavy atom. The number of benzene rings is 1. The molecule has 0 saturated heterocycles. The summed E-state index contributed by atoms with van der Waals surface area (Å²) in [6.07, 6.45) is 0.205. The third-order valence-corrected chi connectivity index (χ3v) is 3.24. The fraction of sp³-hybridized carbons (Fsp3) is 0.250. The highest BCUT2D eigenvalue weighted by Crippen LogP contribution is 2.17. The number of aromatic nitrogens is 1. The van der Waals surface area contributed by atoms with Gasteiger partial charge in [0.2, 0.25) is 0 Å². The molecule has 0 aliphatic rings. The molecule has 2 amide bonds. The van der Waals surface area contributed by atoms with Gasteiger partial charge in [-0.15, -0.1) is 0 Å². The number of nitrogens with one attached hydrogen (secondary N) is 2. The quantitative estimate of drug-likeness (QED) is 0.783. The van der Waals surface area contributed by atoms with Crippen molar-refractivity contribution in [3.8, 4) is 0 Å². The Kier molecular flexibility index (Phi) is 5.64. The van der Waals surface area contributed by atoms with Gasteiger partial charge in [0.15, 0.2) is 0 Å². The van der Waals surface area contributed by atoms with Gasteiger partial charge in [-0.3, -0.25) is 0 Å². The number of aliphatic hydroxyl groups is 1. The molecule has 0 spiro atoms. The van der Waals surface area contributed by atoms with Crippen molar-refractivity contribution in [2.75, 3.05) is 30.9 Å². The van der Waals surface area contributed by atoms with E-state index in [0.29, 0.717) is 11.8 Å². The number of hydrogen-bond donors (Lipinski definition) is 3. The number of pyridine rings is 1. The molecule has 1 heterocycles. The molecular weight excluding hydrogens is 318 g/mol. The summed E-state index contributed by atoms with van der Waals surface area (Å²) >= 11 is 0. The van der Waals surface area contributed by atoms with E-state index >= 15 is 0 Å². The highest BCUT2D eigenvalue weighted by atomic mass is 19.1. The smallest absolute Gasteiger partial charge is 0.319 e. The summed E-state index contributed by atoms with van der Waals surface area (Å²) in [4.78, 5) is 17.7. The minimum Gasteiger partial charge on any atom is -0.386 e. The van der Waals surface area contributed by atoms with E-state index < -0.39 is 23.8 Å². The Morgan fingerprint density at radius 1 is 1.29 bits per heavy atom. The molecule has 1 aromatic heterocycles. The number of amides is 2. The molecule has 0 radical (unpaired) electrons. The van der Waals surface area contributed by atoms with E-state index in [2.05, 4.69) is 15.6 Å². The summed E-state index contributed by atoms with van der Waals surface area (Å²) in [6.45, 7) is -0.225. The highest BCUT2D eigenvalue weighted by Gasteiger charge is 2.14.